The Bertz CT molecular complexity index is 491. The monoisotopic (exact) mass is 305 g/mol. The molecule has 0 radical (unpaired) electrons. The van der Waals surface area contributed by atoms with Crippen LogP contribution >= 0.6 is 39.1 Å². The summed E-state index contributed by atoms with van der Waals surface area (Å²) in [6, 6.07) is 5.44. The van der Waals surface area contributed by atoms with Gasteiger partial charge in [0.15, 0.2) is 0 Å². The van der Waals surface area contributed by atoms with Gasteiger partial charge in [-0.15, -0.1) is 10.2 Å². The van der Waals surface area contributed by atoms with E-state index in [9.17, 15) is 0 Å². The molecule has 1 aromatic heterocycles. The summed E-state index contributed by atoms with van der Waals surface area (Å²) in [5, 5.41) is 8.65. The first-order valence-corrected chi connectivity index (χ1v) is 5.67. The average molecular weight is 307 g/mol. The van der Waals surface area contributed by atoms with Crippen molar-refractivity contribution in [3.63, 3.8) is 0 Å². The highest BCUT2D eigenvalue weighted by molar-refractivity contribution is 9.10. The zero-order valence-corrected chi connectivity index (χ0v) is 10.8. The fourth-order valence-corrected chi connectivity index (χ4v) is 2.38. The molecule has 1 heterocycles. The topological polar surface area (TPSA) is 30.7 Å². The number of rotatable bonds is 1. The van der Waals surface area contributed by atoms with E-state index in [2.05, 4.69) is 26.1 Å². The maximum Gasteiger partial charge on any atom is 0.229 e. The number of hydrogen-bond acceptors (Lipinski definition) is 2. The number of aryl methyl sites for hydroxylation is 1. The van der Waals surface area contributed by atoms with Crippen molar-refractivity contribution in [1.29, 1.82) is 0 Å². The van der Waals surface area contributed by atoms with Gasteiger partial charge in [0, 0.05) is 9.50 Å². The molecule has 0 atom stereocenters. The molecule has 0 amide bonds. The van der Waals surface area contributed by atoms with Gasteiger partial charge in [-0.3, -0.25) is 4.57 Å². The Hall–Kier alpha value is -0.580. The molecule has 0 unspecified atom stereocenters. The molecular formula is C9H6BrCl2N3. The minimum absolute atomic E-state index is 0.329. The predicted molar refractivity (Wildman–Crippen MR) is 63.8 cm³/mol. The maximum atomic E-state index is 5.93. The smallest absolute Gasteiger partial charge is 0.229 e. The number of aromatic nitrogens is 3. The third-order valence-corrected chi connectivity index (χ3v) is 3.05. The van der Waals surface area contributed by atoms with E-state index in [1.54, 1.807) is 16.7 Å². The van der Waals surface area contributed by atoms with E-state index < -0.39 is 0 Å². The van der Waals surface area contributed by atoms with E-state index >= 15 is 0 Å². The summed E-state index contributed by atoms with van der Waals surface area (Å²) in [4.78, 5) is 0. The highest BCUT2D eigenvalue weighted by atomic mass is 79.9. The minimum Gasteiger partial charge on any atom is -0.269 e. The van der Waals surface area contributed by atoms with Gasteiger partial charge in [-0.25, -0.2) is 0 Å². The first kappa shape index (κ1) is 10.9. The van der Waals surface area contributed by atoms with E-state index in [0.29, 0.717) is 10.3 Å². The molecular weight excluding hydrogens is 301 g/mol. The van der Waals surface area contributed by atoms with Crippen molar-refractivity contribution in [3.05, 3.63) is 38.8 Å². The van der Waals surface area contributed by atoms with Gasteiger partial charge in [-0.05, 0) is 52.7 Å². The normalized spacial score (nSPS) is 10.7. The molecule has 0 aliphatic rings. The van der Waals surface area contributed by atoms with Gasteiger partial charge in [-0.2, -0.15) is 0 Å². The van der Waals surface area contributed by atoms with Crippen molar-refractivity contribution in [1.82, 2.24) is 14.8 Å². The van der Waals surface area contributed by atoms with Gasteiger partial charge in [0.1, 0.15) is 5.82 Å². The molecule has 1 aromatic carbocycles. The summed E-state index contributed by atoms with van der Waals surface area (Å²) < 4.78 is 2.59. The molecule has 3 nitrogen and oxygen atoms in total. The second-order valence-electron chi connectivity index (χ2n) is 2.95. The van der Waals surface area contributed by atoms with Crippen LogP contribution < -0.4 is 0 Å². The fraction of sp³-hybridized carbons (Fsp3) is 0.111. The average Bonchev–Trinajstić information content (AvgIpc) is 2.48. The number of halogens is 3. The van der Waals surface area contributed by atoms with E-state index in [0.717, 1.165) is 16.0 Å². The zero-order chi connectivity index (χ0) is 11.0. The van der Waals surface area contributed by atoms with Gasteiger partial charge in [0.05, 0.1) is 5.69 Å². The Morgan fingerprint density at radius 3 is 2.53 bits per heavy atom. The van der Waals surface area contributed by atoms with E-state index in [1.165, 1.54) is 0 Å². The van der Waals surface area contributed by atoms with Crippen molar-refractivity contribution >= 4 is 39.1 Å². The third kappa shape index (κ3) is 2.02. The molecule has 2 rings (SSSR count). The third-order valence-electron chi connectivity index (χ3n) is 1.94. The molecule has 0 aliphatic heterocycles. The molecule has 78 valence electrons. The number of benzene rings is 1. The Labute approximate surface area is 105 Å². The van der Waals surface area contributed by atoms with Crippen LogP contribution in [-0.4, -0.2) is 14.8 Å². The van der Waals surface area contributed by atoms with Crippen molar-refractivity contribution in [2.75, 3.05) is 0 Å². The van der Waals surface area contributed by atoms with Crippen molar-refractivity contribution in [2.45, 2.75) is 6.92 Å². The number of nitrogens with zero attached hydrogens (tertiary/aromatic N) is 3. The number of hydrogen-bond donors (Lipinski definition) is 0. The van der Waals surface area contributed by atoms with Gasteiger partial charge in [0.2, 0.25) is 5.28 Å². The van der Waals surface area contributed by atoms with Crippen LogP contribution in [0, 0.1) is 6.92 Å². The van der Waals surface area contributed by atoms with E-state index in [1.807, 2.05) is 13.0 Å². The van der Waals surface area contributed by atoms with Crippen LogP contribution in [0.15, 0.2) is 22.7 Å². The Morgan fingerprint density at radius 1 is 1.27 bits per heavy atom. The van der Waals surface area contributed by atoms with Gasteiger partial charge in [-0.1, -0.05) is 11.6 Å². The molecule has 6 heteroatoms. The van der Waals surface area contributed by atoms with Crippen LogP contribution in [0.1, 0.15) is 5.82 Å². The molecule has 15 heavy (non-hydrogen) atoms. The minimum atomic E-state index is 0.329. The predicted octanol–water partition coefficient (Wildman–Crippen LogP) is 3.65. The summed E-state index contributed by atoms with van der Waals surface area (Å²) >= 11 is 15.2. The summed E-state index contributed by atoms with van der Waals surface area (Å²) in [6.07, 6.45) is 0. The summed E-state index contributed by atoms with van der Waals surface area (Å²) in [5.41, 5.74) is 0.868. The first-order valence-electron chi connectivity index (χ1n) is 4.12. The lowest BCUT2D eigenvalue weighted by Crippen LogP contribution is -1.98. The van der Waals surface area contributed by atoms with Crippen LogP contribution in [0.2, 0.25) is 10.3 Å². The van der Waals surface area contributed by atoms with E-state index in [-0.39, 0.29) is 0 Å². The molecule has 0 fully saturated rings. The van der Waals surface area contributed by atoms with Gasteiger partial charge < -0.3 is 0 Å². The molecule has 2 aromatic rings. The Morgan fingerprint density at radius 2 is 2.00 bits per heavy atom. The molecule has 0 N–H and O–H groups in total. The standard InChI is InChI=1S/C9H6BrCl2N3/c1-5-13-14-9(12)15(5)8-3-2-6(11)4-7(8)10/h2-4H,1H3. The molecule has 0 spiro atoms. The highest BCUT2D eigenvalue weighted by Crippen LogP contribution is 2.27. The van der Waals surface area contributed by atoms with Crippen LogP contribution in [0.5, 0.6) is 0 Å². The van der Waals surface area contributed by atoms with Crippen LogP contribution in [0.3, 0.4) is 0 Å². The first-order chi connectivity index (χ1) is 7.09. The van der Waals surface area contributed by atoms with Gasteiger partial charge >= 0.3 is 0 Å². The summed E-state index contributed by atoms with van der Waals surface area (Å²) in [7, 11) is 0. The Balaban J connectivity index is 2.64. The summed E-state index contributed by atoms with van der Waals surface area (Å²) in [5.74, 6) is 0.725. The largest absolute Gasteiger partial charge is 0.269 e. The second-order valence-corrected chi connectivity index (χ2v) is 4.58. The zero-order valence-electron chi connectivity index (χ0n) is 7.71. The molecule has 0 saturated heterocycles. The molecule has 0 saturated carbocycles. The van der Waals surface area contributed by atoms with E-state index in [4.69, 9.17) is 23.2 Å². The van der Waals surface area contributed by atoms with Gasteiger partial charge in [0.25, 0.3) is 0 Å². The van der Waals surface area contributed by atoms with Crippen molar-refractivity contribution < 1.29 is 0 Å². The van der Waals surface area contributed by atoms with Crippen LogP contribution in [0.25, 0.3) is 5.69 Å². The quantitative estimate of drug-likeness (QED) is 0.805. The van der Waals surface area contributed by atoms with Crippen molar-refractivity contribution in [3.8, 4) is 5.69 Å². The van der Waals surface area contributed by atoms with Crippen LogP contribution in [0.4, 0.5) is 0 Å². The SMILES string of the molecule is Cc1nnc(Cl)n1-c1ccc(Cl)cc1Br. The lowest BCUT2D eigenvalue weighted by Gasteiger charge is -2.07. The molecule has 0 aliphatic carbocycles. The van der Waals surface area contributed by atoms with Crippen molar-refractivity contribution in [2.24, 2.45) is 0 Å². The maximum absolute atomic E-state index is 5.93. The lowest BCUT2D eigenvalue weighted by molar-refractivity contribution is 0.965. The fourth-order valence-electron chi connectivity index (χ4n) is 1.27. The lowest BCUT2D eigenvalue weighted by atomic mass is 10.3. The summed E-state index contributed by atoms with van der Waals surface area (Å²) in [6.45, 7) is 1.83. The second kappa shape index (κ2) is 4.12. The molecule has 0 bridgehead atoms. The highest BCUT2D eigenvalue weighted by Gasteiger charge is 2.11. The Kier molecular flexibility index (Phi) is 3.00. The van der Waals surface area contributed by atoms with Crippen LogP contribution in [-0.2, 0) is 0 Å².